The molecule has 0 radical (unpaired) electrons. The monoisotopic (exact) mass is 346 g/mol. The molecule has 0 spiro atoms. The largest absolute Gasteiger partial charge is 0.395 e. The maximum atomic E-state index is 9.56. The number of hydrogen-bond acceptors (Lipinski definition) is 4. The third kappa shape index (κ3) is 4.96. The Labute approximate surface area is 152 Å². The zero-order valence-electron chi connectivity index (χ0n) is 15.9. The molecule has 1 aromatic rings. The van der Waals surface area contributed by atoms with Crippen LogP contribution in [0.15, 0.2) is 24.3 Å². The van der Waals surface area contributed by atoms with E-state index in [0.29, 0.717) is 6.04 Å². The van der Waals surface area contributed by atoms with Gasteiger partial charge in [0.25, 0.3) is 0 Å². The summed E-state index contributed by atoms with van der Waals surface area (Å²) in [5.41, 5.74) is 2.71. The predicted octanol–water partition coefficient (Wildman–Crippen LogP) is 3.43. The van der Waals surface area contributed by atoms with E-state index in [9.17, 15) is 5.11 Å². The second kappa shape index (κ2) is 9.02. The highest BCUT2D eigenvalue weighted by molar-refractivity contribution is 5.54. The van der Waals surface area contributed by atoms with Crippen LogP contribution in [-0.2, 0) is 11.3 Å². The normalized spacial score (nSPS) is 25.5. The first-order chi connectivity index (χ1) is 12.2. The predicted molar refractivity (Wildman–Crippen MR) is 103 cm³/mol. The number of ether oxygens (including phenoxy) is 1. The molecule has 3 rings (SSSR count). The highest BCUT2D eigenvalue weighted by Gasteiger charge is 2.26. The van der Waals surface area contributed by atoms with Gasteiger partial charge in [0.1, 0.15) is 0 Å². The summed E-state index contributed by atoms with van der Waals surface area (Å²) in [5, 5.41) is 9.56. The summed E-state index contributed by atoms with van der Waals surface area (Å²) in [5.74, 6) is 0. The van der Waals surface area contributed by atoms with E-state index >= 15 is 0 Å². The van der Waals surface area contributed by atoms with Crippen LogP contribution in [0.3, 0.4) is 0 Å². The fraction of sp³-hybridized carbons (Fsp3) is 0.714. The lowest BCUT2D eigenvalue weighted by Gasteiger charge is -2.39. The van der Waals surface area contributed by atoms with Crippen molar-refractivity contribution in [2.75, 3.05) is 31.1 Å². The summed E-state index contributed by atoms with van der Waals surface area (Å²) in [6, 6.07) is 9.41. The Bertz CT molecular complexity index is 520. The van der Waals surface area contributed by atoms with Crippen molar-refractivity contribution in [2.24, 2.45) is 0 Å². The van der Waals surface area contributed by atoms with Crippen molar-refractivity contribution in [1.82, 2.24) is 4.90 Å². The van der Waals surface area contributed by atoms with Crippen LogP contribution in [0.25, 0.3) is 0 Å². The molecule has 1 aliphatic heterocycles. The highest BCUT2D eigenvalue weighted by Crippen LogP contribution is 2.29. The summed E-state index contributed by atoms with van der Waals surface area (Å²) in [4.78, 5) is 4.98. The topological polar surface area (TPSA) is 35.9 Å². The molecule has 4 heteroatoms. The Morgan fingerprint density at radius 1 is 1.08 bits per heavy atom. The molecule has 0 bridgehead atoms. The minimum atomic E-state index is 0.240. The third-order valence-electron chi connectivity index (χ3n) is 5.60. The van der Waals surface area contributed by atoms with Crippen molar-refractivity contribution in [3.63, 3.8) is 0 Å². The molecule has 1 N–H and O–H groups in total. The Morgan fingerprint density at radius 3 is 2.44 bits per heavy atom. The van der Waals surface area contributed by atoms with Gasteiger partial charge in [0.15, 0.2) is 0 Å². The molecule has 1 aromatic carbocycles. The second-order valence-electron chi connectivity index (χ2n) is 7.78. The minimum absolute atomic E-state index is 0.240. The van der Waals surface area contributed by atoms with E-state index in [1.807, 2.05) is 0 Å². The molecular formula is C21H34N2O2. The van der Waals surface area contributed by atoms with Crippen molar-refractivity contribution in [1.29, 1.82) is 0 Å². The van der Waals surface area contributed by atoms with Crippen molar-refractivity contribution in [3.8, 4) is 0 Å². The first-order valence-corrected chi connectivity index (χ1v) is 10.0. The summed E-state index contributed by atoms with van der Waals surface area (Å²) in [6.45, 7) is 8.16. The number of para-hydroxylation sites is 1. The number of aliphatic hydroxyl groups is 1. The zero-order chi connectivity index (χ0) is 17.6. The Balaban J connectivity index is 1.76. The molecule has 4 nitrogen and oxygen atoms in total. The molecule has 0 unspecified atom stereocenters. The minimum Gasteiger partial charge on any atom is -0.395 e. The molecule has 1 aliphatic carbocycles. The molecule has 1 saturated heterocycles. The summed E-state index contributed by atoms with van der Waals surface area (Å²) >= 11 is 0. The fourth-order valence-corrected chi connectivity index (χ4v) is 4.51. The van der Waals surface area contributed by atoms with Crippen LogP contribution in [0.1, 0.15) is 51.5 Å². The zero-order valence-corrected chi connectivity index (χ0v) is 15.9. The van der Waals surface area contributed by atoms with Crippen molar-refractivity contribution >= 4 is 5.69 Å². The number of hydrogen-bond donors (Lipinski definition) is 1. The quantitative estimate of drug-likeness (QED) is 0.856. The van der Waals surface area contributed by atoms with E-state index in [1.54, 1.807) is 0 Å². The number of anilines is 1. The second-order valence-corrected chi connectivity index (χ2v) is 7.78. The van der Waals surface area contributed by atoms with Gasteiger partial charge in [-0.2, -0.15) is 0 Å². The molecule has 1 saturated carbocycles. The average Bonchev–Trinajstić information content (AvgIpc) is 2.62. The van der Waals surface area contributed by atoms with Gasteiger partial charge in [-0.15, -0.1) is 0 Å². The standard InChI is InChI=1S/C21H34N2O2/c1-17-14-23(15-18(2)25-17)21-11-7-6-8-19(21)16-22(12-13-24)20-9-4-3-5-10-20/h6-8,11,17-18,20,24H,3-5,9-10,12-16H2,1-2H3/t17-,18-/m1/s1. The smallest absolute Gasteiger partial charge is 0.0726 e. The van der Waals surface area contributed by atoms with Crippen LogP contribution in [0.2, 0.25) is 0 Å². The third-order valence-corrected chi connectivity index (χ3v) is 5.60. The maximum absolute atomic E-state index is 9.56. The van der Waals surface area contributed by atoms with E-state index in [-0.39, 0.29) is 18.8 Å². The van der Waals surface area contributed by atoms with Crippen LogP contribution in [0.4, 0.5) is 5.69 Å². The Kier molecular flexibility index (Phi) is 6.74. The van der Waals surface area contributed by atoms with Crippen molar-refractivity contribution in [3.05, 3.63) is 29.8 Å². The molecule has 140 valence electrons. The van der Waals surface area contributed by atoms with Gasteiger partial charge in [0.05, 0.1) is 18.8 Å². The van der Waals surface area contributed by atoms with E-state index in [4.69, 9.17) is 4.74 Å². The first kappa shape index (κ1) is 18.7. The van der Waals surface area contributed by atoms with E-state index in [2.05, 4.69) is 47.9 Å². The van der Waals surface area contributed by atoms with Gasteiger partial charge in [-0.05, 0) is 38.3 Å². The summed E-state index contributed by atoms with van der Waals surface area (Å²) in [6.07, 6.45) is 7.09. The summed E-state index contributed by atoms with van der Waals surface area (Å²) in [7, 11) is 0. The molecule has 2 atom stereocenters. The lowest BCUT2D eigenvalue weighted by Crippen LogP contribution is -2.46. The first-order valence-electron chi connectivity index (χ1n) is 10.0. The van der Waals surface area contributed by atoms with Crippen LogP contribution in [-0.4, -0.2) is 54.5 Å². The lowest BCUT2D eigenvalue weighted by molar-refractivity contribution is -0.00531. The lowest BCUT2D eigenvalue weighted by atomic mass is 9.93. The number of rotatable bonds is 6. The highest BCUT2D eigenvalue weighted by atomic mass is 16.5. The van der Waals surface area contributed by atoms with E-state index in [0.717, 1.165) is 26.2 Å². The molecule has 0 amide bonds. The number of nitrogens with zero attached hydrogens (tertiary/aromatic N) is 2. The number of morpholine rings is 1. The average molecular weight is 347 g/mol. The van der Waals surface area contributed by atoms with Crippen LogP contribution in [0, 0.1) is 0 Å². The molecule has 25 heavy (non-hydrogen) atoms. The molecular weight excluding hydrogens is 312 g/mol. The maximum Gasteiger partial charge on any atom is 0.0726 e. The Hall–Kier alpha value is -1.10. The fourth-order valence-electron chi connectivity index (χ4n) is 4.51. The Morgan fingerprint density at radius 2 is 1.76 bits per heavy atom. The van der Waals surface area contributed by atoms with Crippen LogP contribution in [0.5, 0.6) is 0 Å². The van der Waals surface area contributed by atoms with E-state index in [1.165, 1.54) is 43.4 Å². The molecule has 0 aromatic heterocycles. The van der Waals surface area contributed by atoms with Gasteiger partial charge in [-0.1, -0.05) is 37.5 Å². The van der Waals surface area contributed by atoms with Gasteiger partial charge < -0.3 is 14.7 Å². The van der Waals surface area contributed by atoms with Gasteiger partial charge in [0.2, 0.25) is 0 Å². The van der Waals surface area contributed by atoms with Gasteiger partial charge in [-0.25, -0.2) is 0 Å². The van der Waals surface area contributed by atoms with Gasteiger partial charge in [-0.3, -0.25) is 4.90 Å². The number of aliphatic hydroxyl groups excluding tert-OH is 1. The number of benzene rings is 1. The van der Waals surface area contributed by atoms with Crippen molar-refractivity contribution in [2.45, 2.75) is 70.7 Å². The van der Waals surface area contributed by atoms with Crippen molar-refractivity contribution < 1.29 is 9.84 Å². The van der Waals surface area contributed by atoms with E-state index < -0.39 is 0 Å². The molecule has 1 heterocycles. The van der Waals surface area contributed by atoms with Crippen LogP contribution < -0.4 is 4.90 Å². The van der Waals surface area contributed by atoms with Gasteiger partial charge >= 0.3 is 0 Å². The molecule has 2 aliphatic rings. The van der Waals surface area contributed by atoms with Gasteiger partial charge in [0, 0.05) is 37.9 Å². The van der Waals surface area contributed by atoms with Crippen LogP contribution >= 0.6 is 0 Å². The molecule has 2 fully saturated rings. The SMILES string of the molecule is C[C@@H]1CN(c2ccccc2CN(CCO)C2CCCCC2)C[C@@H](C)O1. The summed E-state index contributed by atoms with van der Waals surface area (Å²) < 4.78 is 5.91.